The summed E-state index contributed by atoms with van der Waals surface area (Å²) in [5.74, 6) is 0. The summed E-state index contributed by atoms with van der Waals surface area (Å²) in [6, 6.07) is 3.78. The minimum Gasteiger partial charge on any atom is -0.465 e. The second kappa shape index (κ2) is 4.08. The first kappa shape index (κ1) is 11.8. The summed E-state index contributed by atoms with van der Waals surface area (Å²) < 4.78 is 22.2. The summed E-state index contributed by atoms with van der Waals surface area (Å²) in [4.78, 5) is 10.4. The topological polar surface area (TPSA) is 83.5 Å². The van der Waals surface area contributed by atoms with Crippen molar-refractivity contribution in [2.45, 2.75) is 4.90 Å². The summed E-state index contributed by atoms with van der Waals surface area (Å²) in [6.07, 6.45) is -0.216. The van der Waals surface area contributed by atoms with Gasteiger partial charge in [0, 0.05) is 6.26 Å². The number of carbonyl (C=O) groups is 1. The van der Waals surface area contributed by atoms with E-state index in [2.05, 4.69) is 0 Å². The largest absolute Gasteiger partial charge is 0.465 e. The van der Waals surface area contributed by atoms with Crippen LogP contribution in [-0.2, 0) is 9.84 Å². The fourth-order valence-corrected chi connectivity index (χ4v) is 1.88. The lowest BCUT2D eigenvalue weighted by Crippen LogP contribution is -2.08. The van der Waals surface area contributed by atoms with Crippen LogP contribution in [0.25, 0.3) is 0 Å². The van der Waals surface area contributed by atoms with Gasteiger partial charge in [-0.3, -0.25) is 5.32 Å². The van der Waals surface area contributed by atoms with Gasteiger partial charge in [0.1, 0.15) is 0 Å². The molecule has 5 nitrogen and oxygen atoms in total. The minimum atomic E-state index is -3.33. The summed E-state index contributed by atoms with van der Waals surface area (Å²) in [5, 5.41) is 10.5. The van der Waals surface area contributed by atoms with Crippen molar-refractivity contribution < 1.29 is 18.3 Å². The van der Waals surface area contributed by atoms with Crippen molar-refractivity contribution in [1.29, 1.82) is 0 Å². The Bertz CT molecular complexity index is 497. The van der Waals surface area contributed by atoms with Crippen molar-refractivity contribution in [2.75, 3.05) is 11.6 Å². The summed E-state index contributed by atoms with van der Waals surface area (Å²) >= 11 is 5.69. The monoisotopic (exact) mass is 249 g/mol. The summed E-state index contributed by atoms with van der Waals surface area (Å²) in [6.45, 7) is 0. The first-order valence-corrected chi connectivity index (χ1v) is 6.07. The van der Waals surface area contributed by atoms with Crippen LogP contribution < -0.4 is 5.32 Å². The number of hydrogen-bond acceptors (Lipinski definition) is 3. The zero-order valence-corrected chi connectivity index (χ0v) is 9.26. The Hall–Kier alpha value is -1.27. The molecule has 7 heteroatoms. The Kier molecular flexibility index (Phi) is 3.21. The molecule has 1 rings (SSSR count). The molecule has 1 aromatic rings. The molecule has 0 aliphatic carbocycles. The number of nitrogens with one attached hydrogen (secondary N) is 1. The lowest BCUT2D eigenvalue weighted by molar-refractivity contribution is 0.209. The molecule has 1 aromatic carbocycles. The maximum Gasteiger partial charge on any atom is 0.409 e. The first-order valence-electron chi connectivity index (χ1n) is 3.80. The molecule has 0 unspecified atom stereocenters. The van der Waals surface area contributed by atoms with E-state index < -0.39 is 15.9 Å². The van der Waals surface area contributed by atoms with E-state index >= 15 is 0 Å². The highest BCUT2D eigenvalue weighted by atomic mass is 35.5. The van der Waals surface area contributed by atoms with Crippen molar-refractivity contribution in [3.8, 4) is 0 Å². The molecule has 0 radical (unpaired) electrons. The van der Waals surface area contributed by atoms with Crippen LogP contribution in [0.2, 0.25) is 5.02 Å². The standard InChI is InChI=1S/C8H8ClNO4S/c1-15(13,14)5-2-3-7(6(9)4-5)10-8(11)12/h2-4,10H,1H3,(H,11,12). The maximum absolute atomic E-state index is 11.1. The molecule has 0 saturated heterocycles. The van der Waals surface area contributed by atoms with Crippen LogP contribution in [0.3, 0.4) is 0 Å². The van der Waals surface area contributed by atoms with E-state index in [0.29, 0.717) is 0 Å². The number of sulfone groups is 1. The van der Waals surface area contributed by atoms with Crippen LogP contribution in [0.4, 0.5) is 10.5 Å². The van der Waals surface area contributed by atoms with E-state index in [1.165, 1.54) is 18.2 Å². The molecule has 0 aliphatic rings. The van der Waals surface area contributed by atoms with E-state index in [1.807, 2.05) is 5.32 Å². The Morgan fingerprint density at radius 3 is 2.47 bits per heavy atom. The van der Waals surface area contributed by atoms with E-state index in [4.69, 9.17) is 16.7 Å². The second-order valence-corrected chi connectivity index (χ2v) is 5.27. The minimum absolute atomic E-state index is 0.0420. The van der Waals surface area contributed by atoms with Gasteiger partial charge in [-0.1, -0.05) is 11.6 Å². The molecule has 0 aromatic heterocycles. The SMILES string of the molecule is CS(=O)(=O)c1ccc(NC(=O)O)c(Cl)c1. The molecule has 82 valence electrons. The molecule has 2 N–H and O–H groups in total. The number of amides is 1. The first-order chi connectivity index (χ1) is 6.80. The number of benzene rings is 1. The van der Waals surface area contributed by atoms with Gasteiger partial charge in [-0.15, -0.1) is 0 Å². The predicted octanol–water partition coefficient (Wildman–Crippen LogP) is 1.83. The van der Waals surface area contributed by atoms with Crippen LogP contribution >= 0.6 is 11.6 Å². The molecule has 0 spiro atoms. The molecule has 0 fully saturated rings. The lowest BCUT2D eigenvalue weighted by atomic mass is 10.3. The van der Waals surface area contributed by atoms with Crippen LogP contribution in [-0.4, -0.2) is 25.9 Å². The number of carboxylic acid groups (broad SMARTS) is 1. The number of hydrogen-bond donors (Lipinski definition) is 2. The van der Waals surface area contributed by atoms with Crippen molar-refractivity contribution in [3.63, 3.8) is 0 Å². The van der Waals surface area contributed by atoms with E-state index in [-0.39, 0.29) is 15.6 Å². The Balaban J connectivity index is 3.15. The Labute approximate surface area is 91.6 Å². The fraction of sp³-hybridized carbons (Fsp3) is 0.125. The van der Waals surface area contributed by atoms with Gasteiger partial charge in [0.15, 0.2) is 9.84 Å². The smallest absolute Gasteiger partial charge is 0.409 e. The summed E-state index contributed by atoms with van der Waals surface area (Å²) in [5.41, 5.74) is 0.150. The van der Waals surface area contributed by atoms with E-state index in [9.17, 15) is 13.2 Å². The normalized spacial score (nSPS) is 11.1. The highest BCUT2D eigenvalue weighted by Crippen LogP contribution is 2.24. The Morgan fingerprint density at radius 1 is 1.47 bits per heavy atom. The molecule has 15 heavy (non-hydrogen) atoms. The van der Waals surface area contributed by atoms with Crippen LogP contribution in [0.15, 0.2) is 23.1 Å². The van der Waals surface area contributed by atoms with Gasteiger partial charge in [0.05, 0.1) is 15.6 Å². The highest BCUT2D eigenvalue weighted by molar-refractivity contribution is 7.90. The summed E-state index contributed by atoms with van der Waals surface area (Å²) in [7, 11) is -3.33. The fourth-order valence-electron chi connectivity index (χ4n) is 0.943. The predicted molar refractivity (Wildman–Crippen MR) is 56.2 cm³/mol. The zero-order chi connectivity index (χ0) is 11.6. The van der Waals surface area contributed by atoms with Gasteiger partial charge >= 0.3 is 6.09 Å². The highest BCUT2D eigenvalue weighted by Gasteiger charge is 2.10. The molecule has 0 atom stereocenters. The second-order valence-electron chi connectivity index (χ2n) is 2.84. The van der Waals surface area contributed by atoms with Gasteiger partial charge in [-0.25, -0.2) is 13.2 Å². The zero-order valence-electron chi connectivity index (χ0n) is 7.69. The average Bonchev–Trinajstić information content (AvgIpc) is 2.05. The molecule has 0 aliphatic heterocycles. The third-order valence-corrected chi connectivity index (χ3v) is 3.03. The van der Waals surface area contributed by atoms with E-state index in [1.54, 1.807) is 0 Å². The number of halogens is 1. The Morgan fingerprint density at radius 2 is 2.07 bits per heavy atom. The number of rotatable bonds is 2. The van der Waals surface area contributed by atoms with Gasteiger partial charge in [0.2, 0.25) is 0 Å². The third kappa shape index (κ3) is 3.10. The van der Waals surface area contributed by atoms with Gasteiger partial charge in [-0.05, 0) is 18.2 Å². The van der Waals surface area contributed by atoms with Gasteiger partial charge < -0.3 is 5.11 Å². The van der Waals surface area contributed by atoms with Crippen molar-refractivity contribution >= 4 is 33.2 Å². The molecular formula is C8H8ClNO4S. The molecule has 0 saturated carbocycles. The van der Waals surface area contributed by atoms with Crippen molar-refractivity contribution in [3.05, 3.63) is 23.2 Å². The van der Waals surface area contributed by atoms with Crippen molar-refractivity contribution in [1.82, 2.24) is 0 Å². The quantitative estimate of drug-likeness (QED) is 0.838. The van der Waals surface area contributed by atoms with Crippen molar-refractivity contribution in [2.24, 2.45) is 0 Å². The molecular weight excluding hydrogens is 242 g/mol. The van der Waals surface area contributed by atoms with Crippen LogP contribution in [0.1, 0.15) is 0 Å². The van der Waals surface area contributed by atoms with Gasteiger partial charge in [0.25, 0.3) is 0 Å². The maximum atomic E-state index is 11.1. The average molecular weight is 250 g/mol. The number of anilines is 1. The van der Waals surface area contributed by atoms with Crippen LogP contribution in [0, 0.1) is 0 Å². The molecule has 1 amide bonds. The third-order valence-electron chi connectivity index (χ3n) is 1.61. The molecule has 0 heterocycles. The van der Waals surface area contributed by atoms with Crippen LogP contribution in [0.5, 0.6) is 0 Å². The lowest BCUT2D eigenvalue weighted by Gasteiger charge is -2.05. The molecule has 0 bridgehead atoms. The van der Waals surface area contributed by atoms with E-state index in [0.717, 1.165) is 6.26 Å². The van der Waals surface area contributed by atoms with Gasteiger partial charge in [-0.2, -0.15) is 0 Å².